The van der Waals surface area contributed by atoms with Crippen LogP contribution in [0.25, 0.3) is 0 Å². The summed E-state index contributed by atoms with van der Waals surface area (Å²) in [6, 6.07) is 9.69. The maximum Gasteiger partial charge on any atom is 0.321 e. The Morgan fingerprint density at radius 2 is 1.95 bits per heavy atom. The smallest absolute Gasteiger partial charge is 0.321 e. The van der Waals surface area contributed by atoms with Crippen molar-refractivity contribution in [2.75, 3.05) is 18.4 Å². The number of hydrogen-bond acceptors (Lipinski definition) is 2. The molecule has 0 saturated carbocycles. The van der Waals surface area contributed by atoms with Crippen LogP contribution in [-0.2, 0) is 6.42 Å². The summed E-state index contributed by atoms with van der Waals surface area (Å²) in [7, 11) is 0. The molecule has 0 bridgehead atoms. The van der Waals surface area contributed by atoms with Crippen LogP contribution in [0, 0.1) is 5.82 Å². The zero-order chi connectivity index (χ0) is 15.1. The molecule has 110 valence electrons. The van der Waals surface area contributed by atoms with E-state index in [0.29, 0.717) is 13.1 Å². The standard InChI is InChI=1S/C16H18FN3O/c1-2-20(12-9-13-7-10-18-11-8-13)16(21)19-15-6-4-3-5-14(15)17/h3-8,10-11H,2,9,12H2,1H3,(H,19,21). The van der Waals surface area contributed by atoms with E-state index < -0.39 is 5.82 Å². The molecule has 5 heteroatoms. The minimum Gasteiger partial charge on any atom is -0.324 e. The number of amides is 2. The first-order valence-electron chi connectivity index (χ1n) is 6.90. The molecule has 21 heavy (non-hydrogen) atoms. The number of halogens is 1. The number of hydrogen-bond donors (Lipinski definition) is 1. The molecule has 0 saturated heterocycles. The number of nitrogens with zero attached hydrogens (tertiary/aromatic N) is 2. The summed E-state index contributed by atoms with van der Waals surface area (Å²) in [5, 5.41) is 2.60. The fourth-order valence-electron chi connectivity index (χ4n) is 1.97. The van der Waals surface area contributed by atoms with Crippen molar-refractivity contribution in [3.05, 3.63) is 60.2 Å². The van der Waals surface area contributed by atoms with E-state index in [1.807, 2.05) is 19.1 Å². The summed E-state index contributed by atoms with van der Waals surface area (Å²) in [5.41, 5.74) is 1.31. The molecule has 0 unspecified atom stereocenters. The molecular formula is C16H18FN3O. The number of anilines is 1. The molecule has 2 rings (SSSR count). The summed E-state index contributed by atoms with van der Waals surface area (Å²) in [5.74, 6) is -0.434. The summed E-state index contributed by atoms with van der Waals surface area (Å²) in [6.45, 7) is 3.03. The molecular weight excluding hydrogens is 269 g/mol. The number of rotatable bonds is 5. The minimum absolute atomic E-state index is 0.199. The van der Waals surface area contributed by atoms with E-state index in [4.69, 9.17) is 0 Å². The molecule has 0 spiro atoms. The second-order valence-corrected chi connectivity index (χ2v) is 4.60. The molecule has 2 aromatic rings. The number of nitrogens with one attached hydrogen (secondary N) is 1. The largest absolute Gasteiger partial charge is 0.324 e. The maximum atomic E-state index is 13.5. The molecule has 0 aliphatic rings. The fraction of sp³-hybridized carbons (Fsp3) is 0.250. The van der Waals surface area contributed by atoms with Gasteiger partial charge in [0.25, 0.3) is 0 Å². The summed E-state index contributed by atoms with van der Waals surface area (Å²) in [4.78, 5) is 17.8. The van der Waals surface area contributed by atoms with Gasteiger partial charge in [-0.3, -0.25) is 4.98 Å². The van der Waals surface area contributed by atoms with Gasteiger partial charge in [-0.1, -0.05) is 12.1 Å². The van der Waals surface area contributed by atoms with Crippen LogP contribution in [0.2, 0.25) is 0 Å². The quantitative estimate of drug-likeness (QED) is 0.917. The first-order chi connectivity index (χ1) is 10.2. The van der Waals surface area contributed by atoms with Gasteiger partial charge < -0.3 is 10.2 Å². The molecule has 0 radical (unpaired) electrons. The SMILES string of the molecule is CCN(CCc1ccncc1)C(=O)Nc1ccccc1F. The first-order valence-corrected chi connectivity index (χ1v) is 6.90. The number of aromatic nitrogens is 1. The normalized spacial score (nSPS) is 10.2. The highest BCUT2D eigenvalue weighted by Gasteiger charge is 2.13. The number of para-hydroxylation sites is 1. The van der Waals surface area contributed by atoms with E-state index in [1.54, 1.807) is 35.5 Å². The molecule has 4 nitrogen and oxygen atoms in total. The van der Waals surface area contributed by atoms with Crippen LogP contribution in [-0.4, -0.2) is 29.0 Å². The molecule has 0 fully saturated rings. The van der Waals surface area contributed by atoms with E-state index in [-0.39, 0.29) is 11.7 Å². The molecule has 1 N–H and O–H groups in total. The van der Waals surface area contributed by atoms with Gasteiger partial charge in [-0.25, -0.2) is 9.18 Å². The van der Waals surface area contributed by atoms with Gasteiger partial charge in [-0.15, -0.1) is 0 Å². The average molecular weight is 287 g/mol. The molecule has 0 aliphatic heterocycles. The van der Waals surface area contributed by atoms with Gasteiger partial charge in [0.15, 0.2) is 0 Å². The second-order valence-electron chi connectivity index (χ2n) is 4.60. The van der Waals surface area contributed by atoms with Crippen molar-refractivity contribution < 1.29 is 9.18 Å². The van der Waals surface area contributed by atoms with E-state index in [9.17, 15) is 9.18 Å². The van der Waals surface area contributed by atoms with Gasteiger partial charge in [0, 0.05) is 25.5 Å². The lowest BCUT2D eigenvalue weighted by atomic mass is 10.2. The molecule has 1 aromatic carbocycles. The van der Waals surface area contributed by atoms with Crippen LogP contribution < -0.4 is 5.32 Å². The van der Waals surface area contributed by atoms with Gasteiger partial charge in [0.1, 0.15) is 5.82 Å². The van der Waals surface area contributed by atoms with Crippen molar-refractivity contribution in [2.24, 2.45) is 0 Å². The highest BCUT2D eigenvalue weighted by Crippen LogP contribution is 2.13. The Hall–Kier alpha value is -2.43. The van der Waals surface area contributed by atoms with Crippen LogP contribution in [0.1, 0.15) is 12.5 Å². The summed E-state index contributed by atoms with van der Waals surface area (Å²) < 4.78 is 13.5. The zero-order valence-corrected chi connectivity index (χ0v) is 11.9. The van der Waals surface area contributed by atoms with E-state index in [2.05, 4.69) is 10.3 Å². The minimum atomic E-state index is -0.434. The van der Waals surface area contributed by atoms with Crippen molar-refractivity contribution in [2.45, 2.75) is 13.3 Å². The molecule has 1 aromatic heterocycles. The highest BCUT2D eigenvalue weighted by molar-refractivity contribution is 5.89. The Kier molecular flexibility index (Phi) is 5.26. The maximum absolute atomic E-state index is 13.5. The topological polar surface area (TPSA) is 45.2 Å². The molecule has 0 aliphatic carbocycles. The number of likely N-dealkylation sites (N-methyl/N-ethyl adjacent to an activating group) is 1. The number of urea groups is 1. The number of benzene rings is 1. The summed E-state index contributed by atoms with van der Waals surface area (Å²) >= 11 is 0. The Labute approximate surface area is 123 Å². The Balaban J connectivity index is 1.94. The highest BCUT2D eigenvalue weighted by atomic mass is 19.1. The van der Waals surface area contributed by atoms with Crippen LogP contribution in [0.5, 0.6) is 0 Å². The predicted octanol–water partition coefficient (Wildman–Crippen LogP) is 3.32. The number of carbonyl (C=O) groups is 1. The van der Waals surface area contributed by atoms with Gasteiger partial charge in [-0.05, 0) is 43.2 Å². The van der Waals surface area contributed by atoms with Crippen LogP contribution >= 0.6 is 0 Å². The predicted molar refractivity (Wildman–Crippen MR) is 80.6 cm³/mol. The molecule has 0 atom stereocenters. The van der Waals surface area contributed by atoms with Crippen molar-refractivity contribution in [3.8, 4) is 0 Å². The number of carbonyl (C=O) groups excluding carboxylic acids is 1. The molecule has 2 amide bonds. The van der Waals surface area contributed by atoms with Crippen LogP contribution in [0.3, 0.4) is 0 Å². The van der Waals surface area contributed by atoms with E-state index in [0.717, 1.165) is 12.0 Å². The lowest BCUT2D eigenvalue weighted by Crippen LogP contribution is -2.36. The summed E-state index contributed by atoms with van der Waals surface area (Å²) in [6.07, 6.45) is 4.19. The Morgan fingerprint density at radius 3 is 2.62 bits per heavy atom. The third-order valence-corrected chi connectivity index (χ3v) is 3.20. The van der Waals surface area contributed by atoms with Gasteiger partial charge in [0.05, 0.1) is 5.69 Å². The van der Waals surface area contributed by atoms with Crippen molar-refractivity contribution >= 4 is 11.7 Å². The van der Waals surface area contributed by atoms with Gasteiger partial charge >= 0.3 is 6.03 Å². The fourth-order valence-corrected chi connectivity index (χ4v) is 1.97. The van der Waals surface area contributed by atoms with Gasteiger partial charge in [0.2, 0.25) is 0 Å². The number of pyridine rings is 1. The van der Waals surface area contributed by atoms with E-state index >= 15 is 0 Å². The zero-order valence-electron chi connectivity index (χ0n) is 11.9. The Bertz CT molecular complexity index is 589. The first kappa shape index (κ1) is 15.0. The average Bonchev–Trinajstić information content (AvgIpc) is 2.51. The third-order valence-electron chi connectivity index (χ3n) is 3.20. The second kappa shape index (κ2) is 7.38. The van der Waals surface area contributed by atoms with Crippen molar-refractivity contribution in [3.63, 3.8) is 0 Å². The van der Waals surface area contributed by atoms with Crippen molar-refractivity contribution in [1.29, 1.82) is 0 Å². The van der Waals surface area contributed by atoms with Crippen LogP contribution in [0.4, 0.5) is 14.9 Å². The Morgan fingerprint density at radius 1 is 1.24 bits per heavy atom. The van der Waals surface area contributed by atoms with Crippen LogP contribution in [0.15, 0.2) is 48.8 Å². The lowest BCUT2D eigenvalue weighted by Gasteiger charge is -2.21. The third kappa shape index (κ3) is 4.27. The monoisotopic (exact) mass is 287 g/mol. The van der Waals surface area contributed by atoms with Gasteiger partial charge in [-0.2, -0.15) is 0 Å². The lowest BCUT2D eigenvalue weighted by molar-refractivity contribution is 0.215. The van der Waals surface area contributed by atoms with Crippen molar-refractivity contribution in [1.82, 2.24) is 9.88 Å². The molecule has 1 heterocycles. The van der Waals surface area contributed by atoms with E-state index in [1.165, 1.54) is 6.07 Å².